The molecule has 0 saturated heterocycles. The van der Waals surface area contributed by atoms with Gasteiger partial charge in [-0.05, 0) is 25.7 Å². The van der Waals surface area contributed by atoms with E-state index in [-0.39, 0.29) is 0 Å². The van der Waals surface area contributed by atoms with Crippen molar-refractivity contribution in [2.45, 2.75) is 39.2 Å². The predicted molar refractivity (Wildman–Crippen MR) is 72.5 cm³/mol. The molecule has 1 aliphatic carbocycles. The topological polar surface area (TPSA) is 40.0 Å². The van der Waals surface area contributed by atoms with Gasteiger partial charge in [0.25, 0.3) is 0 Å². The SMILES string of the molecule is CCN=C1N=C(N(C)C)C2CCCC(C)C2N1. The Bertz CT molecular complexity index is 332. The van der Waals surface area contributed by atoms with E-state index in [0.717, 1.165) is 12.5 Å². The van der Waals surface area contributed by atoms with E-state index in [9.17, 15) is 0 Å². The number of hydrogen-bond donors (Lipinski definition) is 1. The maximum atomic E-state index is 4.67. The molecule has 0 aromatic rings. The van der Waals surface area contributed by atoms with Crippen LogP contribution in [0.4, 0.5) is 0 Å². The van der Waals surface area contributed by atoms with Crippen LogP contribution >= 0.6 is 0 Å². The van der Waals surface area contributed by atoms with Crippen molar-refractivity contribution in [1.29, 1.82) is 0 Å². The molecular formula is C13H24N4. The van der Waals surface area contributed by atoms with Gasteiger partial charge < -0.3 is 10.2 Å². The van der Waals surface area contributed by atoms with Gasteiger partial charge in [-0.25, -0.2) is 4.99 Å². The molecule has 1 heterocycles. The van der Waals surface area contributed by atoms with Gasteiger partial charge in [0, 0.05) is 32.6 Å². The first-order chi connectivity index (χ1) is 8.13. The lowest BCUT2D eigenvalue weighted by Crippen LogP contribution is -2.55. The van der Waals surface area contributed by atoms with Crippen molar-refractivity contribution in [2.24, 2.45) is 21.8 Å². The number of nitrogens with zero attached hydrogens (tertiary/aromatic N) is 3. The Hall–Kier alpha value is -1.06. The number of hydrogen-bond acceptors (Lipinski definition) is 2. The van der Waals surface area contributed by atoms with Crippen molar-refractivity contribution in [3.05, 3.63) is 0 Å². The van der Waals surface area contributed by atoms with Gasteiger partial charge in [0.2, 0.25) is 5.96 Å². The van der Waals surface area contributed by atoms with Crippen molar-refractivity contribution in [2.75, 3.05) is 20.6 Å². The van der Waals surface area contributed by atoms with Crippen molar-refractivity contribution in [3.63, 3.8) is 0 Å². The highest BCUT2D eigenvalue weighted by molar-refractivity contribution is 6.00. The normalized spacial score (nSPS) is 34.9. The van der Waals surface area contributed by atoms with Crippen molar-refractivity contribution in [1.82, 2.24) is 10.2 Å². The van der Waals surface area contributed by atoms with Crippen LogP contribution in [0, 0.1) is 11.8 Å². The summed E-state index contributed by atoms with van der Waals surface area (Å²) in [6.07, 6.45) is 3.88. The minimum Gasteiger partial charge on any atom is -0.366 e. The van der Waals surface area contributed by atoms with E-state index in [0.29, 0.717) is 17.9 Å². The molecule has 1 N–H and O–H groups in total. The van der Waals surface area contributed by atoms with Crippen LogP contribution in [0.5, 0.6) is 0 Å². The molecule has 0 bridgehead atoms. The van der Waals surface area contributed by atoms with Gasteiger partial charge in [0.1, 0.15) is 5.84 Å². The third-order valence-corrected chi connectivity index (χ3v) is 3.84. The fourth-order valence-electron chi connectivity index (χ4n) is 2.98. The van der Waals surface area contributed by atoms with Crippen LogP contribution in [0.2, 0.25) is 0 Å². The van der Waals surface area contributed by atoms with E-state index in [4.69, 9.17) is 0 Å². The number of fused-ring (bicyclic) bond motifs is 1. The van der Waals surface area contributed by atoms with Gasteiger partial charge >= 0.3 is 0 Å². The standard InChI is InChI=1S/C13H24N4/c1-5-14-13-15-11-9(2)7-6-8-10(11)12(16-13)17(3)4/h9-11H,5-8H2,1-4H3,(H,14,15). The Labute approximate surface area is 104 Å². The maximum Gasteiger partial charge on any atom is 0.219 e. The second-order valence-corrected chi connectivity index (χ2v) is 5.35. The van der Waals surface area contributed by atoms with Gasteiger partial charge in [-0.3, -0.25) is 4.99 Å². The summed E-state index contributed by atoms with van der Waals surface area (Å²) in [6, 6.07) is 0.518. The van der Waals surface area contributed by atoms with Crippen molar-refractivity contribution >= 4 is 11.8 Å². The van der Waals surface area contributed by atoms with Gasteiger partial charge in [0.15, 0.2) is 0 Å². The summed E-state index contributed by atoms with van der Waals surface area (Å²) in [4.78, 5) is 11.3. The molecule has 0 aromatic heterocycles. The summed E-state index contributed by atoms with van der Waals surface area (Å²) in [7, 11) is 4.17. The quantitative estimate of drug-likeness (QED) is 0.753. The second kappa shape index (κ2) is 5.07. The number of aliphatic imine (C=N–C) groups is 2. The lowest BCUT2D eigenvalue weighted by atomic mass is 9.76. The van der Waals surface area contributed by atoms with Crippen molar-refractivity contribution < 1.29 is 0 Å². The number of guanidine groups is 1. The predicted octanol–water partition coefficient (Wildman–Crippen LogP) is 1.73. The minimum atomic E-state index is 0.518. The third-order valence-electron chi connectivity index (χ3n) is 3.84. The average Bonchev–Trinajstić information content (AvgIpc) is 2.29. The molecule has 96 valence electrons. The summed E-state index contributed by atoms with van der Waals surface area (Å²) >= 11 is 0. The zero-order valence-corrected chi connectivity index (χ0v) is 11.4. The molecule has 0 spiro atoms. The summed E-state index contributed by atoms with van der Waals surface area (Å²) in [5, 5.41) is 3.53. The fraction of sp³-hybridized carbons (Fsp3) is 0.846. The molecule has 3 atom stereocenters. The Kier molecular flexibility index (Phi) is 3.69. The molecule has 0 aromatic carbocycles. The smallest absolute Gasteiger partial charge is 0.219 e. The Balaban J connectivity index is 2.30. The van der Waals surface area contributed by atoms with Crippen LogP contribution < -0.4 is 5.32 Å². The molecule has 1 fully saturated rings. The Morgan fingerprint density at radius 1 is 1.41 bits per heavy atom. The highest BCUT2D eigenvalue weighted by Crippen LogP contribution is 2.32. The first kappa shape index (κ1) is 12.4. The van der Waals surface area contributed by atoms with Crippen LogP contribution in [-0.2, 0) is 0 Å². The highest BCUT2D eigenvalue weighted by atomic mass is 15.3. The van der Waals surface area contributed by atoms with Gasteiger partial charge in [-0.15, -0.1) is 0 Å². The van der Waals surface area contributed by atoms with Crippen LogP contribution in [0.1, 0.15) is 33.1 Å². The molecule has 0 radical (unpaired) electrons. The number of amidine groups is 1. The first-order valence-corrected chi connectivity index (χ1v) is 6.70. The fourth-order valence-corrected chi connectivity index (χ4v) is 2.98. The first-order valence-electron chi connectivity index (χ1n) is 6.70. The van der Waals surface area contributed by atoms with E-state index < -0.39 is 0 Å². The lowest BCUT2D eigenvalue weighted by molar-refractivity contribution is 0.249. The molecule has 3 unspecified atom stereocenters. The summed E-state index contributed by atoms with van der Waals surface area (Å²) in [5.74, 6) is 3.30. The van der Waals surface area contributed by atoms with Crippen LogP contribution in [-0.4, -0.2) is 43.4 Å². The van der Waals surface area contributed by atoms with Gasteiger partial charge in [0.05, 0.1) is 0 Å². The average molecular weight is 236 g/mol. The monoisotopic (exact) mass is 236 g/mol. The molecule has 17 heavy (non-hydrogen) atoms. The van der Waals surface area contributed by atoms with E-state index in [1.165, 1.54) is 25.1 Å². The lowest BCUT2D eigenvalue weighted by Gasteiger charge is -2.42. The number of rotatable bonds is 1. The molecule has 1 aliphatic heterocycles. The zero-order chi connectivity index (χ0) is 12.4. The van der Waals surface area contributed by atoms with E-state index >= 15 is 0 Å². The molecule has 4 heteroatoms. The molecule has 1 saturated carbocycles. The van der Waals surface area contributed by atoms with Crippen LogP contribution in [0.3, 0.4) is 0 Å². The Morgan fingerprint density at radius 2 is 2.18 bits per heavy atom. The summed E-state index contributed by atoms with van der Waals surface area (Å²) in [6.45, 7) is 5.18. The largest absolute Gasteiger partial charge is 0.366 e. The van der Waals surface area contributed by atoms with Crippen LogP contribution in [0.25, 0.3) is 0 Å². The molecular weight excluding hydrogens is 212 g/mol. The van der Waals surface area contributed by atoms with Gasteiger partial charge in [-0.2, -0.15) is 0 Å². The molecule has 2 aliphatic rings. The molecule has 0 amide bonds. The Morgan fingerprint density at radius 3 is 2.82 bits per heavy atom. The van der Waals surface area contributed by atoms with E-state index in [1.54, 1.807) is 0 Å². The second-order valence-electron chi connectivity index (χ2n) is 5.35. The number of nitrogens with one attached hydrogen (secondary N) is 1. The van der Waals surface area contributed by atoms with Crippen molar-refractivity contribution in [3.8, 4) is 0 Å². The van der Waals surface area contributed by atoms with Crippen LogP contribution in [0.15, 0.2) is 9.98 Å². The minimum absolute atomic E-state index is 0.518. The summed E-state index contributed by atoms with van der Waals surface area (Å²) in [5.41, 5.74) is 0. The van der Waals surface area contributed by atoms with Gasteiger partial charge in [-0.1, -0.05) is 13.3 Å². The maximum absolute atomic E-state index is 4.67. The highest BCUT2D eigenvalue weighted by Gasteiger charge is 2.38. The zero-order valence-electron chi connectivity index (χ0n) is 11.4. The van der Waals surface area contributed by atoms with E-state index in [2.05, 4.69) is 48.1 Å². The molecule has 4 nitrogen and oxygen atoms in total. The summed E-state index contributed by atoms with van der Waals surface area (Å²) < 4.78 is 0. The molecule has 2 rings (SSSR count). The third kappa shape index (κ3) is 2.45. The van der Waals surface area contributed by atoms with E-state index in [1.807, 2.05) is 0 Å².